The van der Waals surface area contributed by atoms with Crippen LogP contribution in [0.1, 0.15) is 29.3 Å². The molecule has 0 aliphatic carbocycles. The molecule has 0 bridgehead atoms. The minimum atomic E-state index is -0.139. The lowest BCUT2D eigenvalue weighted by atomic mass is 10.1. The molecule has 18 heavy (non-hydrogen) atoms. The summed E-state index contributed by atoms with van der Waals surface area (Å²) in [5.74, 6) is -0.167. The largest absolute Gasteiger partial charge is 0.352 e. The molecular weight excluding hydrogens is 230 g/mol. The Kier molecular flexibility index (Phi) is 3.62. The van der Waals surface area contributed by atoms with Crippen LogP contribution in [-0.4, -0.2) is 24.4 Å². The molecule has 2 amide bonds. The van der Waals surface area contributed by atoms with Crippen LogP contribution in [0, 0.1) is 0 Å². The number of anilines is 1. The maximum Gasteiger partial charge on any atom is 0.251 e. The smallest absolute Gasteiger partial charge is 0.251 e. The Morgan fingerprint density at radius 2 is 2.33 bits per heavy atom. The van der Waals surface area contributed by atoms with Gasteiger partial charge in [0.2, 0.25) is 5.91 Å². The predicted molar refractivity (Wildman–Crippen MR) is 69.4 cm³/mol. The summed E-state index contributed by atoms with van der Waals surface area (Å²) in [4.78, 5) is 23.0. The lowest BCUT2D eigenvalue weighted by Crippen LogP contribution is -2.28. The highest BCUT2D eigenvalue weighted by atomic mass is 16.2. The molecule has 0 fully saturated rings. The molecule has 5 heteroatoms. The number of rotatable bonds is 4. The van der Waals surface area contributed by atoms with E-state index in [1.165, 1.54) is 0 Å². The van der Waals surface area contributed by atoms with Gasteiger partial charge < -0.3 is 16.4 Å². The van der Waals surface area contributed by atoms with Gasteiger partial charge in [0.25, 0.3) is 5.91 Å². The van der Waals surface area contributed by atoms with Crippen LogP contribution in [0.5, 0.6) is 0 Å². The summed E-state index contributed by atoms with van der Waals surface area (Å²) < 4.78 is 0. The average Bonchev–Trinajstić information content (AvgIpc) is 2.67. The Morgan fingerprint density at radius 3 is 3.06 bits per heavy atom. The molecule has 0 radical (unpaired) electrons. The van der Waals surface area contributed by atoms with Crippen molar-refractivity contribution in [3.05, 3.63) is 29.3 Å². The highest BCUT2D eigenvalue weighted by molar-refractivity contribution is 6.02. The van der Waals surface area contributed by atoms with Crippen molar-refractivity contribution in [1.82, 2.24) is 5.32 Å². The number of hydrogen-bond donors (Lipinski definition) is 3. The van der Waals surface area contributed by atoms with Crippen LogP contribution in [0.25, 0.3) is 0 Å². The van der Waals surface area contributed by atoms with E-state index >= 15 is 0 Å². The van der Waals surface area contributed by atoms with Gasteiger partial charge in [0.15, 0.2) is 0 Å². The molecule has 0 spiro atoms. The topological polar surface area (TPSA) is 84.2 Å². The monoisotopic (exact) mass is 247 g/mol. The third-order valence-corrected chi connectivity index (χ3v) is 2.88. The fourth-order valence-electron chi connectivity index (χ4n) is 1.87. The Balaban J connectivity index is 1.99. The van der Waals surface area contributed by atoms with E-state index in [-0.39, 0.29) is 17.9 Å². The van der Waals surface area contributed by atoms with Crippen molar-refractivity contribution in [3.63, 3.8) is 0 Å². The van der Waals surface area contributed by atoms with Gasteiger partial charge in [0.05, 0.1) is 6.42 Å². The molecule has 1 aliphatic heterocycles. The van der Waals surface area contributed by atoms with Gasteiger partial charge in [-0.3, -0.25) is 9.59 Å². The number of amides is 2. The number of benzene rings is 1. The number of carbonyl (C=O) groups excluding carboxylic acids is 2. The summed E-state index contributed by atoms with van der Waals surface area (Å²) in [6.45, 7) is 2.46. The molecule has 1 aromatic rings. The number of carbonyl (C=O) groups is 2. The molecule has 4 N–H and O–H groups in total. The van der Waals surface area contributed by atoms with Crippen LogP contribution in [0.2, 0.25) is 0 Å². The van der Waals surface area contributed by atoms with Crippen molar-refractivity contribution in [2.45, 2.75) is 25.8 Å². The Labute approximate surface area is 106 Å². The highest BCUT2D eigenvalue weighted by Gasteiger charge is 2.18. The first kappa shape index (κ1) is 12.6. The zero-order valence-corrected chi connectivity index (χ0v) is 10.3. The fraction of sp³-hybridized carbons (Fsp3) is 0.385. The molecule has 96 valence electrons. The van der Waals surface area contributed by atoms with Crippen molar-refractivity contribution in [3.8, 4) is 0 Å². The third kappa shape index (κ3) is 2.87. The normalized spacial score (nSPS) is 14.9. The zero-order valence-electron chi connectivity index (χ0n) is 10.3. The first-order valence-corrected chi connectivity index (χ1v) is 6.03. The predicted octanol–water partition coefficient (Wildman–Crippen LogP) is 0.648. The van der Waals surface area contributed by atoms with Gasteiger partial charge in [-0.2, -0.15) is 0 Å². The van der Waals surface area contributed by atoms with E-state index < -0.39 is 0 Å². The van der Waals surface area contributed by atoms with E-state index in [2.05, 4.69) is 10.6 Å². The second-order valence-electron chi connectivity index (χ2n) is 4.62. The van der Waals surface area contributed by atoms with Gasteiger partial charge in [0, 0.05) is 23.8 Å². The molecule has 1 unspecified atom stereocenters. The maximum atomic E-state index is 11.8. The Hall–Kier alpha value is -1.88. The molecule has 1 heterocycles. The SMILES string of the molecule is CC(N)CCNC(=O)c1ccc2c(c1)NC(=O)C2. The lowest BCUT2D eigenvalue weighted by Gasteiger charge is -2.08. The second kappa shape index (κ2) is 5.18. The lowest BCUT2D eigenvalue weighted by molar-refractivity contribution is -0.115. The second-order valence-corrected chi connectivity index (χ2v) is 4.62. The summed E-state index contributed by atoms with van der Waals surface area (Å²) in [6, 6.07) is 5.33. The average molecular weight is 247 g/mol. The van der Waals surface area contributed by atoms with Gasteiger partial charge in [0.1, 0.15) is 0 Å². The van der Waals surface area contributed by atoms with E-state index in [0.29, 0.717) is 18.5 Å². The van der Waals surface area contributed by atoms with E-state index in [1.54, 1.807) is 12.1 Å². The summed E-state index contributed by atoms with van der Waals surface area (Å²) in [5, 5.41) is 5.53. The van der Waals surface area contributed by atoms with Gasteiger partial charge in [-0.1, -0.05) is 6.07 Å². The Morgan fingerprint density at radius 1 is 1.56 bits per heavy atom. The molecule has 1 aromatic carbocycles. The van der Waals surface area contributed by atoms with Crippen LogP contribution >= 0.6 is 0 Å². The number of nitrogens with one attached hydrogen (secondary N) is 2. The van der Waals surface area contributed by atoms with Crippen molar-refractivity contribution >= 4 is 17.5 Å². The van der Waals surface area contributed by atoms with Gasteiger partial charge in [-0.05, 0) is 31.0 Å². The standard InChI is InChI=1S/C13H17N3O2/c1-8(14)4-5-15-13(18)10-3-2-9-7-12(17)16-11(9)6-10/h2-3,6,8H,4-5,7,14H2,1H3,(H,15,18)(H,16,17). The van der Waals surface area contributed by atoms with E-state index in [9.17, 15) is 9.59 Å². The van der Waals surface area contributed by atoms with E-state index in [0.717, 1.165) is 17.7 Å². The number of fused-ring (bicyclic) bond motifs is 1. The van der Waals surface area contributed by atoms with Gasteiger partial charge >= 0.3 is 0 Å². The number of hydrogen-bond acceptors (Lipinski definition) is 3. The minimum Gasteiger partial charge on any atom is -0.352 e. The maximum absolute atomic E-state index is 11.8. The van der Waals surface area contributed by atoms with Crippen molar-refractivity contribution in [1.29, 1.82) is 0 Å². The summed E-state index contributed by atoms with van der Waals surface area (Å²) in [5.41, 5.74) is 7.84. The van der Waals surface area contributed by atoms with Gasteiger partial charge in [-0.15, -0.1) is 0 Å². The summed E-state index contributed by atoms with van der Waals surface area (Å²) >= 11 is 0. The van der Waals surface area contributed by atoms with Crippen molar-refractivity contribution < 1.29 is 9.59 Å². The molecule has 1 atom stereocenters. The minimum absolute atomic E-state index is 0.0282. The summed E-state index contributed by atoms with van der Waals surface area (Å²) in [6.07, 6.45) is 1.13. The molecule has 1 aliphatic rings. The van der Waals surface area contributed by atoms with Crippen LogP contribution < -0.4 is 16.4 Å². The molecule has 0 saturated heterocycles. The molecular formula is C13H17N3O2. The molecule has 5 nitrogen and oxygen atoms in total. The highest BCUT2D eigenvalue weighted by Crippen LogP contribution is 2.23. The third-order valence-electron chi connectivity index (χ3n) is 2.88. The van der Waals surface area contributed by atoms with Crippen LogP contribution in [0.15, 0.2) is 18.2 Å². The first-order valence-electron chi connectivity index (χ1n) is 6.03. The van der Waals surface area contributed by atoms with Gasteiger partial charge in [-0.25, -0.2) is 0 Å². The van der Waals surface area contributed by atoms with E-state index in [4.69, 9.17) is 5.73 Å². The summed E-state index contributed by atoms with van der Waals surface area (Å²) in [7, 11) is 0. The number of nitrogens with two attached hydrogens (primary N) is 1. The molecule has 2 rings (SSSR count). The first-order chi connectivity index (χ1) is 8.56. The zero-order chi connectivity index (χ0) is 13.1. The fourth-order valence-corrected chi connectivity index (χ4v) is 1.87. The van der Waals surface area contributed by atoms with Crippen molar-refractivity contribution in [2.75, 3.05) is 11.9 Å². The quantitative estimate of drug-likeness (QED) is 0.730. The van der Waals surface area contributed by atoms with Crippen molar-refractivity contribution in [2.24, 2.45) is 5.73 Å². The molecule has 0 aromatic heterocycles. The molecule has 0 saturated carbocycles. The van der Waals surface area contributed by atoms with Crippen LogP contribution in [-0.2, 0) is 11.2 Å². The van der Waals surface area contributed by atoms with E-state index in [1.807, 2.05) is 13.0 Å². The van der Waals surface area contributed by atoms with Crippen LogP contribution in [0.4, 0.5) is 5.69 Å². The van der Waals surface area contributed by atoms with Crippen LogP contribution in [0.3, 0.4) is 0 Å². The Bertz CT molecular complexity index is 483.